The number of rotatable bonds is 7. The van der Waals surface area contributed by atoms with Crippen molar-refractivity contribution in [3.8, 4) is 0 Å². The molecule has 0 bridgehead atoms. The summed E-state index contributed by atoms with van der Waals surface area (Å²) >= 11 is 1.56. The molecule has 2 aromatic carbocycles. The number of halogens is 2. The topological polar surface area (TPSA) is 71.3 Å². The highest BCUT2D eigenvalue weighted by atomic mass is 32.2. The van der Waals surface area contributed by atoms with Gasteiger partial charge in [0, 0.05) is 31.6 Å². The predicted octanol–water partition coefficient (Wildman–Crippen LogP) is 5.14. The molecule has 32 heavy (non-hydrogen) atoms. The molecule has 1 aliphatic carbocycles. The maximum atomic E-state index is 13.8. The minimum absolute atomic E-state index is 0.206. The van der Waals surface area contributed by atoms with Crippen molar-refractivity contribution in [1.29, 1.82) is 0 Å². The number of amides is 1. The summed E-state index contributed by atoms with van der Waals surface area (Å²) in [6, 6.07) is 10.4. The van der Waals surface area contributed by atoms with Crippen LogP contribution in [0.1, 0.15) is 34.9 Å². The van der Waals surface area contributed by atoms with E-state index in [4.69, 9.17) is 4.52 Å². The van der Waals surface area contributed by atoms with Gasteiger partial charge in [-0.1, -0.05) is 23.0 Å². The third-order valence-corrected chi connectivity index (χ3v) is 6.33. The molecule has 6 nitrogen and oxygen atoms in total. The van der Waals surface area contributed by atoms with E-state index in [1.54, 1.807) is 30.8 Å². The number of thioether (sulfide) groups is 1. The number of hydrogen-bond donors (Lipinski definition) is 1. The Morgan fingerprint density at radius 2 is 1.81 bits per heavy atom. The average Bonchev–Trinajstić information content (AvgIpc) is 3.39. The monoisotopic (exact) mass is 456 g/mol. The fourth-order valence-corrected chi connectivity index (χ4v) is 4.17. The van der Waals surface area contributed by atoms with E-state index in [1.807, 2.05) is 31.1 Å². The number of benzene rings is 2. The van der Waals surface area contributed by atoms with Crippen molar-refractivity contribution < 1.29 is 18.1 Å². The Morgan fingerprint density at radius 1 is 1.16 bits per heavy atom. The van der Waals surface area contributed by atoms with E-state index in [9.17, 15) is 13.6 Å². The molecule has 3 aromatic rings. The fourth-order valence-electron chi connectivity index (χ4n) is 3.19. The predicted molar refractivity (Wildman–Crippen MR) is 118 cm³/mol. The second-order valence-corrected chi connectivity index (χ2v) is 8.94. The van der Waals surface area contributed by atoms with E-state index in [-0.39, 0.29) is 5.41 Å². The first kappa shape index (κ1) is 22.0. The van der Waals surface area contributed by atoms with Crippen molar-refractivity contribution in [2.45, 2.75) is 30.1 Å². The van der Waals surface area contributed by atoms with E-state index in [2.05, 4.69) is 21.5 Å². The third kappa shape index (κ3) is 4.67. The number of nitrogens with zero attached hydrogens (tertiary/aromatic N) is 3. The molecule has 0 radical (unpaired) electrons. The lowest BCUT2D eigenvalue weighted by Gasteiger charge is -2.19. The van der Waals surface area contributed by atoms with E-state index in [1.165, 1.54) is 6.07 Å². The standard InChI is InChI=1S/C23H22F2N4O2S/c1-14-26-22(28-31-14)23(11-12-23)13-19(29(2)3)32-16-9-7-15(8-10-16)27-21(30)20-17(24)5-4-6-18(20)25/h4-10,13H,11-12H2,1-3H3,(H,27,30)/b19-13+. The Balaban J connectivity index is 1.48. The summed E-state index contributed by atoms with van der Waals surface area (Å²) in [5.41, 5.74) is -0.365. The Hall–Kier alpha value is -3.20. The van der Waals surface area contributed by atoms with Gasteiger partial charge in [-0.25, -0.2) is 8.78 Å². The second-order valence-electron chi connectivity index (χ2n) is 7.85. The van der Waals surface area contributed by atoms with Crippen LogP contribution >= 0.6 is 11.8 Å². The summed E-state index contributed by atoms with van der Waals surface area (Å²) in [5.74, 6) is -1.39. The number of anilines is 1. The van der Waals surface area contributed by atoms with Crippen LogP contribution in [0.3, 0.4) is 0 Å². The third-order valence-electron chi connectivity index (χ3n) is 5.13. The lowest BCUT2D eigenvalue weighted by atomic mass is 10.1. The highest BCUT2D eigenvalue weighted by Gasteiger charge is 2.47. The highest BCUT2D eigenvalue weighted by molar-refractivity contribution is 8.03. The summed E-state index contributed by atoms with van der Waals surface area (Å²) in [4.78, 5) is 19.6. The highest BCUT2D eigenvalue weighted by Crippen LogP contribution is 2.50. The van der Waals surface area contributed by atoms with Crippen LogP contribution in [0, 0.1) is 18.6 Å². The average molecular weight is 457 g/mol. The second kappa shape index (κ2) is 8.74. The Morgan fingerprint density at radius 3 is 2.34 bits per heavy atom. The number of carbonyl (C=O) groups is 1. The van der Waals surface area contributed by atoms with Crippen molar-refractivity contribution in [3.05, 3.63) is 82.5 Å². The molecule has 0 unspecified atom stereocenters. The number of nitrogens with one attached hydrogen (secondary N) is 1. The SMILES string of the molecule is Cc1nc(C2(/C=C(/Sc3ccc(NC(=O)c4c(F)cccc4F)cc3)N(C)C)CC2)no1. The number of aromatic nitrogens is 2. The molecule has 0 atom stereocenters. The van der Waals surface area contributed by atoms with Crippen LogP contribution in [-0.2, 0) is 5.41 Å². The van der Waals surface area contributed by atoms with E-state index in [0.29, 0.717) is 17.4 Å². The van der Waals surface area contributed by atoms with Crippen LogP contribution in [-0.4, -0.2) is 35.0 Å². The van der Waals surface area contributed by atoms with Gasteiger partial charge in [0.1, 0.15) is 17.2 Å². The van der Waals surface area contributed by atoms with Crippen LogP contribution in [0.4, 0.5) is 14.5 Å². The molecule has 0 aliphatic heterocycles. The van der Waals surface area contributed by atoms with Crippen molar-refractivity contribution in [3.63, 3.8) is 0 Å². The minimum atomic E-state index is -0.902. The van der Waals surface area contributed by atoms with Gasteiger partial charge in [0.15, 0.2) is 5.82 Å². The summed E-state index contributed by atoms with van der Waals surface area (Å²) in [7, 11) is 3.93. The van der Waals surface area contributed by atoms with Crippen LogP contribution in [0.15, 0.2) is 63.0 Å². The summed E-state index contributed by atoms with van der Waals surface area (Å²) in [6.07, 6.45) is 4.08. The van der Waals surface area contributed by atoms with Crippen molar-refractivity contribution in [2.24, 2.45) is 0 Å². The molecule has 0 spiro atoms. The Bertz CT molecular complexity index is 1150. The molecule has 1 heterocycles. The largest absolute Gasteiger partial charge is 0.372 e. The smallest absolute Gasteiger partial charge is 0.261 e. The van der Waals surface area contributed by atoms with Gasteiger partial charge in [-0.15, -0.1) is 0 Å². The molecule has 0 saturated heterocycles. The summed E-state index contributed by atoms with van der Waals surface area (Å²) in [5, 5.41) is 7.65. The number of allylic oxidation sites excluding steroid dienone is 1. The molecule has 1 fully saturated rings. The van der Waals surface area contributed by atoms with Gasteiger partial charge in [0.2, 0.25) is 5.89 Å². The molecule has 4 rings (SSSR count). The van der Waals surface area contributed by atoms with Crippen molar-refractivity contribution in [1.82, 2.24) is 15.0 Å². The van der Waals surface area contributed by atoms with Crippen LogP contribution in [0.25, 0.3) is 0 Å². The zero-order chi connectivity index (χ0) is 22.9. The lowest BCUT2D eigenvalue weighted by molar-refractivity contribution is 0.101. The van der Waals surface area contributed by atoms with E-state index < -0.39 is 23.1 Å². The molecule has 1 amide bonds. The van der Waals surface area contributed by atoms with Crippen LogP contribution < -0.4 is 5.32 Å². The van der Waals surface area contributed by atoms with Crippen LogP contribution in [0.5, 0.6) is 0 Å². The van der Waals surface area contributed by atoms with Gasteiger partial charge < -0.3 is 14.7 Å². The molecule has 166 valence electrons. The number of aryl methyl sites for hydroxylation is 1. The van der Waals surface area contributed by atoms with Crippen molar-refractivity contribution >= 4 is 23.4 Å². The Kier molecular flexibility index (Phi) is 6.01. The summed E-state index contributed by atoms with van der Waals surface area (Å²) in [6.45, 7) is 1.78. The maximum Gasteiger partial charge on any atom is 0.261 e. The molecule has 1 N–H and O–H groups in total. The molecular weight excluding hydrogens is 434 g/mol. The number of carbonyl (C=O) groups excluding carboxylic acids is 1. The fraction of sp³-hybridized carbons (Fsp3) is 0.261. The first-order chi connectivity index (χ1) is 15.3. The van der Waals surface area contributed by atoms with Crippen molar-refractivity contribution in [2.75, 3.05) is 19.4 Å². The van der Waals surface area contributed by atoms with Gasteiger partial charge >= 0.3 is 0 Å². The van der Waals surface area contributed by atoms with Crippen LogP contribution in [0.2, 0.25) is 0 Å². The molecule has 1 saturated carbocycles. The zero-order valence-electron chi connectivity index (χ0n) is 17.9. The summed E-state index contributed by atoms with van der Waals surface area (Å²) < 4.78 is 32.8. The molecule has 1 aliphatic rings. The van der Waals surface area contributed by atoms with Gasteiger partial charge in [-0.05, 0) is 55.3 Å². The van der Waals surface area contributed by atoms with Gasteiger partial charge in [0.05, 0.1) is 10.4 Å². The first-order valence-electron chi connectivity index (χ1n) is 10.0. The van der Waals surface area contributed by atoms with E-state index in [0.717, 1.165) is 34.9 Å². The molecular formula is C23H22F2N4O2S. The Labute approximate surface area is 188 Å². The quantitative estimate of drug-likeness (QED) is 0.497. The minimum Gasteiger partial charge on any atom is -0.372 e. The molecule has 1 aromatic heterocycles. The zero-order valence-corrected chi connectivity index (χ0v) is 18.7. The van der Waals surface area contributed by atoms with Gasteiger partial charge in [0.25, 0.3) is 5.91 Å². The van der Waals surface area contributed by atoms with E-state index >= 15 is 0 Å². The van der Waals surface area contributed by atoms with Gasteiger partial charge in [-0.3, -0.25) is 4.79 Å². The normalized spacial score (nSPS) is 14.8. The number of hydrogen-bond acceptors (Lipinski definition) is 6. The first-order valence-corrected chi connectivity index (χ1v) is 10.8. The molecule has 9 heteroatoms. The van der Waals surface area contributed by atoms with Gasteiger partial charge in [-0.2, -0.15) is 4.98 Å². The maximum absolute atomic E-state index is 13.8. The lowest BCUT2D eigenvalue weighted by Crippen LogP contribution is -2.15.